The van der Waals surface area contributed by atoms with E-state index in [0.717, 1.165) is 15.3 Å². The highest BCUT2D eigenvalue weighted by Gasteiger charge is 2.16. The van der Waals surface area contributed by atoms with Gasteiger partial charge in [-0.25, -0.2) is 4.98 Å². The van der Waals surface area contributed by atoms with Crippen LogP contribution >= 0.6 is 23.1 Å². The van der Waals surface area contributed by atoms with E-state index in [0.29, 0.717) is 22.8 Å². The number of hydrogen-bond acceptors (Lipinski definition) is 5. The summed E-state index contributed by atoms with van der Waals surface area (Å²) < 4.78 is 1.59. The standard InChI is InChI=1S/C14H16N2O2S2/c1-5-6-16-13(18)11-9(3)10(4)20-12(11)15-14(16)19-7-8(2)17/h5H,1,6-7H2,2-4H3. The number of fused-ring (bicyclic) bond motifs is 1. The highest BCUT2D eigenvalue weighted by Crippen LogP contribution is 2.28. The average molecular weight is 308 g/mol. The van der Waals surface area contributed by atoms with E-state index in [1.54, 1.807) is 10.6 Å². The molecule has 0 fully saturated rings. The van der Waals surface area contributed by atoms with E-state index in [1.807, 2.05) is 13.8 Å². The summed E-state index contributed by atoms with van der Waals surface area (Å²) in [6.07, 6.45) is 1.67. The lowest BCUT2D eigenvalue weighted by molar-refractivity contribution is -0.114. The van der Waals surface area contributed by atoms with E-state index in [1.165, 1.54) is 30.0 Å². The van der Waals surface area contributed by atoms with Crippen LogP contribution in [0.2, 0.25) is 0 Å². The van der Waals surface area contributed by atoms with Crippen LogP contribution in [0.1, 0.15) is 17.4 Å². The van der Waals surface area contributed by atoms with Crippen molar-refractivity contribution in [1.29, 1.82) is 0 Å². The summed E-state index contributed by atoms with van der Waals surface area (Å²) in [5.74, 6) is 0.381. The number of allylic oxidation sites excluding steroid dienone is 1. The van der Waals surface area contributed by atoms with Gasteiger partial charge in [-0.1, -0.05) is 17.8 Å². The van der Waals surface area contributed by atoms with Crippen LogP contribution in [0.5, 0.6) is 0 Å². The lowest BCUT2D eigenvalue weighted by Gasteiger charge is -2.09. The number of hydrogen-bond donors (Lipinski definition) is 0. The molecule has 0 atom stereocenters. The molecule has 0 aromatic carbocycles. The number of aromatic nitrogens is 2. The molecular formula is C14H16N2O2S2. The smallest absolute Gasteiger partial charge is 0.263 e. The summed E-state index contributed by atoms with van der Waals surface area (Å²) in [5, 5.41) is 1.26. The quantitative estimate of drug-likeness (QED) is 0.484. The number of ketones is 1. The minimum Gasteiger partial charge on any atom is -0.299 e. The number of thiophene rings is 1. The van der Waals surface area contributed by atoms with E-state index in [-0.39, 0.29) is 11.3 Å². The zero-order valence-corrected chi connectivity index (χ0v) is 13.4. The highest BCUT2D eigenvalue weighted by atomic mass is 32.2. The lowest BCUT2D eigenvalue weighted by Crippen LogP contribution is -2.23. The Balaban J connectivity index is 2.66. The molecule has 0 radical (unpaired) electrons. The molecule has 0 aliphatic carbocycles. The van der Waals surface area contributed by atoms with E-state index in [9.17, 15) is 9.59 Å². The molecule has 0 bridgehead atoms. The van der Waals surface area contributed by atoms with Crippen molar-refractivity contribution >= 4 is 39.1 Å². The van der Waals surface area contributed by atoms with Crippen LogP contribution in [0.25, 0.3) is 10.2 Å². The minimum atomic E-state index is -0.0530. The van der Waals surface area contributed by atoms with Gasteiger partial charge in [0.1, 0.15) is 10.6 Å². The molecule has 0 spiro atoms. The molecule has 0 aliphatic rings. The molecule has 0 N–H and O–H groups in total. The number of carbonyl (C=O) groups is 1. The Morgan fingerprint density at radius 3 is 2.80 bits per heavy atom. The van der Waals surface area contributed by atoms with Crippen molar-refractivity contribution in [2.45, 2.75) is 32.5 Å². The number of Topliss-reactive ketones (excluding diaryl/α,β-unsaturated/α-hetero) is 1. The van der Waals surface area contributed by atoms with Gasteiger partial charge in [-0.2, -0.15) is 0 Å². The Hall–Kier alpha value is -1.40. The molecule has 2 heterocycles. The molecule has 2 aromatic rings. The van der Waals surface area contributed by atoms with Crippen LogP contribution in [0, 0.1) is 13.8 Å². The molecule has 0 aliphatic heterocycles. The third kappa shape index (κ3) is 2.71. The predicted octanol–water partition coefficient (Wildman–Crippen LogP) is 2.94. The first-order valence-electron chi connectivity index (χ1n) is 6.19. The molecule has 6 heteroatoms. The fraction of sp³-hybridized carbons (Fsp3) is 0.357. The molecule has 0 amide bonds. The SMILES string of the molecule is C=CCn1c(SCC(C)=O)nc2sc(C)c(C)c2c1=O. The van der Waals surface area contributed by atoms with E-state index in [2.05, 4.69) is 11.6 Å². The summed E-state index contributed by atoms with van der Waals surface area (Å²) in [6, 6.07) is 0. The predicted molar refractivity (Wildman–Crippen MR) is 85.0 cm³/mol. The first-order valence-corrected chi connectivity index (χ1v) is 7.99. The normalized spacial score (nSPS) is 10.9. The van der Waals surface area contributed by atoms with Crippen LogP contribution in [0.15, 0.2) is 22.6 Å². The van der Waals surface area contributed by atoms with Gasteiger partial charge in [-0.05, 0) is 26.3 Å². The fourth-order valence-corrected chi connectivity index (χ4v) is 3.75. The summed E-state index contributed by atoms with van der Waals surface area (Å²) in [5.41, 5.74) is 0.936. The summed E-state index contributed by atoms with van der Waals surface area (Å²) in [4.78, 5) is 30.1. The van der Waals surface area contributed by atoms with Crippen LogP contribution in [0.3, 0.4) is 0 Å². The second kappa shape index (κ2) is 5.93. The van der Waals surface area contributed by atoms with Gasteiger partial charge in [-0.15, -0.1) is 17.9 Å². The minimum absolute atomic E-state index is 0.0530. The number of thioether (sulfide) groups is 1. The molecule has 0 saturated heterocycles. The first kappa shape index (κ1) is 15.0. The van der Waals surface area contributed by atoms with E-state index >= 15 is 0 Å². The number of carbonyl (C=O) groups excluding carboxylic acids is 1. The van der Waals surface area contributed by atoms with Gasteiger partial charge in [0.15, 0.2) is 5.16 Å². The zero-order valence-electron chi connectivity index (χ0n) is 11.7. The van der Waals surface area contributed by atoms with E-state index in [4.69, 9.17) is 0 Å². The Morgan fingerprint density at radius 1 is 1.50 bits per heavy atom. The Labute approximate surface area is 125 Å². The van der Waals surface area contributed by atoms with Gasteiger partial charge in [0.25, 0.3) is 5.56 Å². The fourth-order valence-electron chi connectivity index (χ4n) is 1.88. The van der Waals surface area contributed by atoms with Crippen LogP contribution in [-0.2, 0) is 11.3 Å². The van der Waals surface area contributed by atoms with E-state index < -0.39 is 0 Å². The second-order valence-electron chi connectivity index (χ2n) is 4.55. The summed E-state index contributed by atoms with van der Waals surface area (Å²) >= 11 is 2.82. The van der Waals surface area contributed by atoms with Crippen LogP contribution in [0.4, 0.5) is 0 Å². The molecule has 106 valence electrons. The van der Waals surface area contributed by atoms with Crippen molar-refractivity contribution in [2.24, 2.45) is 0 Å². The highest BCUT2D eigenvalue weighted by molar-refractivity contribution is 7.99. The van der Waals surface area contributed by atoms with Crippen molar-refractivity contribution in [3.63, 3.8) is 0 Å². The second-order valence-corrected chi connectivity index (χ2v) is 6.70. The summed E-state index contributed by atoms with van der Waals surface area (Å²) in [7, 11) is 0. The molecular weight excluding hydrogens is 292 g/mol. The van der Waals surface area contributed by atoms with Gasteiger partial charge in [0, 0.05) is 11.4 Å². The Kier molecular flexibility index (Phi) is 4.45. The van der Waals surface area contributed by atoms with Crippen LogP contribution in [-0.4, -0.2) is 21.1 Å². The molecule has 0 saturated carbocycles. The monoisotopic (exact) mass is 308 g/mol. The van der Waals surface area contributed by atoms with Crippen molar-refractivity contribution in [3.8, 4) is 0 Å². The number of aryl methyl sites for hydroxylation is 2. The van der Waals surface area contributed by atoms with Gasteiger partial charge in [0.05, 0.1) is 11.1 Å². The molecule has 20 heavy (non-hydrogen) atoms. The van der Waals surface area contributed by atoms with Crippen molar-refractivity contribution < 1.29 is 4.79 Å². The van der Waals surface area contributed by atoms with Gasteiger partial charge in [0.2, 0.25) is 0 Å². The van der Waals surface area contributed by atoms with Crippen molar-refractivity contribution in [1.82, 2.24) is 9.55 Å². The first-order chi connectivity index (χ1) is 9.45. The molecule has 2 rings (SSSR count). The van der Waals surface area contributed by atoms with Crippen molar-refractivity contribution in [2.75, 3.05) is 5.75 Å². The Bertz CT molecular complexity index is 744. The third-order valence-electron chi connectivity index (χ3n) is 2.97. The largest absolute Gasteiger partial charge is 0.299 e. The van der Waals surface area contributed by atoms with Crippen molar-refractivity contribution in [3.05, 3.63) is 33.4 Å². The molecule has 0 unspecified atom stereocenters. The van der Waals surface area contributed by atoms with Gasteiger partial charge < -0.3 is 0 Å². The third-order valence-corrected chi connectivity index (χ3v) is 5.19. The maximum Gasteiger partial charge on any atom is 0.263 e. The van der Waals surface area contributed by atoms with Crippen LogP contribution < -0.4 is 5.56 Å². The number of rotatable bonds is 5. The summed E-state index contributed by atoms with van der Waals surface area (Å²) in [6.45, 7) is 9.54. The van der Waals surface area contributed by atoms with Gasteiger partial charge >= 0.3 is 0 Å². The topological polar surface area (TPSA) is 52.0 Å². The maximum absolute atomic E-state index is 12.6. The zero-order chi connectivity index (χ0) is 14.9. The molecule has 4 nitrogen and oxygen atoms in total. The Morgan fingerprint density at radius 2 is 2.20 bits per heavy atom. The lowest BCUT2D eigenvalue weighted by atomic mass is 10.2. The average Bonchev–Trinajstić information content (AvgIpc) is 2.66. The van der Waals surface area contributed by atoms with Gasteiger partial charge in [-0.3, -0.25) is 14.2 Å². The molecule has 2 aromatic heterocycles. The number of nitrogens with zero attached hydrogens (tertiary/aromatic N) is 2. The maximum atomic E-state index is 12.6.